The SMILES string of the molecule is COc1c(C)nc(-c2ncc[nH]2)nc1F. The number of aryl methyl sites for hydroxylation is 1. The second-order valence-corrected chi connectivity index (χ2v) is 2.89. The van der Waals surface area contributed by atoms with Crippen molar-refractivity contribution < 1.29 is 9.13 Å². The summed E-state index contributed by atoms with van der Waals surface area (Å²) in [6, 6.07) is 0. The monoisotopic (exact) mass is 208 g/mol. The Kier molecular flexibility index (Phi) is 2.32. The van der Waals surface area contributed by atoms with E-state index in [2.05, 4.69) is 19.9 Å². The van der Waals surface area contributed by atoms with E-state index in [1.807, 2.05) is 0 Å². The van der Waals surface area contributed by atoms with Crippen molar-refractivity contribution in [2.24, 2.45) is 0 Å². The molecular formula is C9H9FN4O. The lowest BCUT2D eigenvalue weighted by molar-refractivity contribution is 0.371. The highest BCUT2D eigenvalue weighted by Crippen LogP contribution is 2.21. The molecule has 15 heavy (non-hydrogen) atoms. The van der Waals surface area contributed by atoms with Crippen LogP contribution in [0.25, 0.3) is 11.6 Å². The number of H-pyrrole nitrogens is 1. The summed E-state index contributed by atoms with van der Waals surface area (Å²) in [6.07, 6.45) is 3.17. The first-order chi connectivity index (χ1) is 7.22. The van der Waals surface area contributed by atoms with Gasteiger partial charge < -0.3 is 9.72 Å². The molecule has 0 aliphatic heterocycles. The molecule has 2 aromatic heterocycles. The third-order valence-corrected chi connectivity index (χ3v) is 1.91. The molecule has 1 N–H and O–H groups in total. The van der Waals surface area contributed by atoms with E-state index in [1.165, 1.54) is 7.11 Å². The zero-order chi connectivity index (χ0) is 10.8. The van der Waals surface area contributed by atoms with Crippen molar-refractivity contribution in [2.75, 3.05) is 7.11 Å². The van der Waals surface area contributed by atoms with Crippen molar-refractivity contribution in [1.29, 1.82) is 0 Å². The maximum Gasteiger partial charge on any atom is 0.259 e. The molecule has 0 fully saturated rings. The molecule has 0 amide bonds. The van der Waals surface area contributed by atoms with Gasteiger partial charge in [-0.1, -0.05) is 0 Å². The molecule has 0 atom stereocenters. The molecule has 2 rings (SSSR count). The maximum atomic E-state index is 13.4. The van der Waals surface area contributed by atoms with Crippen molar-refractivity contribution in [2.45, 2.75) is 6.92 Å². The number of halogens is 1. The third kappa shape index (κ3) is 1.65. The van der Waals surface area contributed by atoms with E-state index in [0.29, 0.717) is 11.5 Å². The van der Waals surface area contributed by atoms with Crippen molar-refractivity contribution >= 4 is 0 Å². The summed E-state index contributed by atoms with van der Waals surface area (Å²) in [5.41, 5.74) is 0.441. The van der Waals surface area contributed by atoms with Gasteiger partial charge in [-0.2, -0.15) is 9.37 Å². The number of methoxy groups -OCH3 is 1. The first-order valence-corrected chi connectivity index (χ1v) is 4.30. The number of nitrogens with zero attached hydrogens (tertiary/aromatic N) is 3. The molecule has 0 aliphatic rings. The zero-order valence-electron chi connectivity index (χ0n) is 8.28. The topological polar surface area (TPSA) is 63.7 Å². The summed E-state index contributed by atoms with van der Waals surface area (Å²) in [6.45, 7) is 1.65. The van der Waals surface area contributed by atoms with Gasteiger partial charge >= 0.3 is 0 Å². The van der Waals surface area contributed by atoms with Crippen molar-refractivity contribution in [3.05, 3.63) is 24.0 Å². The molecule has 0 aromatic carbocycles. The number of hydrogen-bond acceptors (Lipinski definition) is 4. The van der Waals surface area contributed by atoms with Gasteiger partial charge in [0.05, 0.1) is 12.8 Å². The molecule has 2 aromatic rings. The van der Waals surface area contributed by atoms with Crippen molar-refractivity contribution in [3.8, 4) is 17.4 Å². The smallest absolute Gasteiger partial charge is 0.259 e. The van der Waals surface area contributed by atoms with Crippen LogP contribution in [-0.4, -0.2) is 27.0 Å². The van der Waals surface area contributed by atoms with Crippen LogP contribution in [0.4, 0.5) is 4.39 Å². The van der Waals surface area contributed by atoms with Gasteiger partial charge in [0, 0.05) is 12.4 Å². The third-order valence-electron chi connectivity index (χ3n) is 1.91. The Morgan fingerprint density at radius 1 is 1.40 bits per heavy atom. The molecule has 78 valence electrons. The molecule has 0 radical (unpaired) electrons. The van der Waals surface area contributed by atoms with Crippen LogP contribution < -0.4 is 4.74 Å². The molecule has 5 nitrogen and oxygen atoms in total. The quantitative estimate of drug-likeness (QED) is 0.756. The van der Waals surface area contributed by atoms with Crippen LogP contribution in [-0.2, 0) is 0 Å². The van der Waals surface area contributed by atoms with Crippen LogP contribution in [0.3, 0.4) is 0 Å². The number of aromatic amines is 1. The minimum absolute atomic E-state index is 0.0605. The van der Waals surface area contributed by atoms with Crippen molar-refractivity contribution in [1.82, 2.24) is 19.9 Å². The van der Waals surface area contributed by atoms with E-state index in [1.54, 1.807) is 19.3 Å². The molecule has 0 spiro atoms. The Balaban J connectivity index is 2.53. The van der Waals surface area contributed by atoms with Crippen LogP contribution in [0.5, 0.6) is 5.75 Å². The lowest BCUT2D eigenvalue weighted by Crippen LogP contribution is -2.01. The number of ether oxygens (including phenoxy) is 1. The van der Waals surface area contributed by atoms with E-state index in [4.69, 9.17) is 4.74 Å². The largest absolute Gasteiger partial charge is 0.490 e. The normalized spacial score (nSPS) is 10.3. The van der Waals surface area contributed by atoms with Gasteiger partial charge in [-0.25, -0.2) is 9.97 Å². The fourth-order valence-corrected chi connectivity index (χ4v) is 1.25. The summed E-state index contributed by atoms with van der Waals surface area (Å²) < 4.78 is 18.2. The van der Waals surface area contributed by atoms with E-state index in [-0.39, 0.29) is 11.6 Å². The van der Waals surface area contributed by atoms with Gasteiger partial charge in [0.2, 0.25) is 0 Å². The summed E-state index contributed by atoms with van der Waals surface area (Å²) >= 11 is 0. The number of rotatable bonds is 2. The summed E-state index contributed by atoms with van der Waals surface area (Å²) in [5, 5.41) is 0. The molecule has 2 heterocycles. The average Bonchev–Trinajstić information content (AvgIpc) is 2.69. The second-order valence-electron chi connectivity index (χ2n) is 2.89. The fraction of sp³-hybridized carbons (Fsp3) is 0.222. The minimum Gasteiger partial charge on any atom is -0.490 e. The number of hydrogen-bond donors (Lipinski definition) is 1. The predicted octanol–water partition coefficient (Wildman–Crippen LogP) is 1.32. The Morgan fingerprint density at radius 2 is 2.20 bits per heavy atom. The molecule has 0 saturated heterocycles. The number of aromatic nitrogens is 4. The Hall–Kier alpha value is -1.98. The highest BCUT2D eigenvalue weighted by atomic mass is 19.1. The predicted molar refractivity (Wildman–Crippen MR) is 50.9 cm³/mol. The fourth-order valence-electron chi connectivity index (χ4n) is 1.25. The van der Waals surface area contributed by atoms with Crippen LogP contribution in [0, 0.1) is 12.9 Å². The summed E-state index contributed by atoms with van der Waals surface area (Å²) in [5.74, 6) is 0.0251. The van der Waals surface area contributed by atoms with E-state index in [9.17, 15) is 4.39 Å². The first-order valence-electron chi connectivity index (χ1n) is 4.30. The van der Waals surface area contributed by atoms with Crippen LogP contribution in [0.1, 0.15) is 5.69 Å². The Bertz CT molecular complexity index is 446. The first kappa shape index (κ1) is 9.57. The van der Waals surface area contributed by atoms with Gasteiger partial charge in [-0.05, 0) is 6.92 Å². The van der Waals surface area contributed by atoms with Gasteiger partial charge in [0.25, 0.3) is 5.95 Å². The highest BCUT2D eigenvalue weighted by Gasteiger charge is 2.13. The summed E-state index contributed by atoms with van der Waals surface area (Å²) in [4.78, 5) is 14.5. The zero-order valence-corrected chi connectivity index (χ0v) is 8.28. The van der Waals surface area contributed by atoms with Gasteiger partial charge in [-0.3, -0.25) is 0 Å². The minimum atomic E-state index is -0.684. The maximum absolute atomic E-state index is 13.4. The molecule has 0 aliphatic carbocycles. The van der Waals surface area contributed by atoms with Gasteiger partial charge in [-0.15, -0.1) is 0 Å². The van der Waals surface area contributed by atoms with Crippen LogP contribution in [0.15, 0.2) is 12.4 Å². The molecule has 0 saturated carbocycles. The lowest BCUT2D eigenvalue weighted by atomic mass is 10.4. The second kappa shape index (κ2) is 3.64. The Morgan fingerprint density at radius 3 is 2.73 bits per heavy atom. The van der Waals surface area contributed by atoms with Crippen molar-refractivity contribution in [3.63, 3.8) is 0 Å². The van der Waals surface area contributed by atoms with Gasteiger partial charge in [0.15, 0.2) is 17.4 Å². The van der Waals surface area contributed by atoms with E-state index < -0.39 is 5.95 Å². The molecule has 0 bridgehead atoms. The molecular weight excluding hydrogens is 199 g/mol. The lowest BCUT2D eigenvalue weighted by Gasteiger charge is -2.05. The average molecular weight is 208 g/mol. The van der Waals surface area contributed by atoms with E-state index in [0.717, 1.165) is 0 Å². The van der Waals surface area contributed by atoms with E-state index >= 15 is 0 Å². The highest BCUT2D eigenvalue weighted by molar-refractivity contribution is 5.44. The Labute approximate surface area is 85.4 Å². The van der Waals surface area contributed by atoms with Crippen LogP contribution in [0.2, 0.25) is 0 Å². The molecule has 0 unspecified atom stereocenters. The number of nitrogens with one attached hydrogen (secondary N) is 1. The van der Waals surface area contributed by atoms with Crippen LogP contribution >= 0.6 is 0 Å². The van der Waals surface area contributed by atoms with Gasteiger partial charge in [0.1, 0.15) is 0 Å². The summed E-state index contributed by atoms with van der Waals surface area (Å²) in [7, 11) is 1.38. The standard InChI is InChI=1S/C9H9FN4O/c1-5-6(15-2)7(10)14-9(13-5)8-11-3-4-12-8/h3-4H,1-2H3,(H,11,12). The number of imidazole rings is 1. The molecule has 6 heteroatoms.